The minimum atomic E-state index is -4.50. The molecular weight excluding hydrogens is 427 g/mol. The molecule has 2 heterocycles. The fraction of sp³-hybridized carbons (Fsp3) is 0.286. The van der Waals surface area contributed by atoms with E-state index in [1.807, 2.05) is 24.3 Å². The molecule has 11 heteroatoms. The number of halogens is 3. The third-order valence-electron chi connectivity index (χ3n) is 5.22. The predicted octanol–water partition coefficient (Wildman–Crippen LogP) is 2.49. The van der Waals surface area contributed by atoms with Gasteiger partial charge >= 0.3 is 12.1 Å². The van der Waals surface area contributed by atoms with E-state index >= 15 is 0 Å². The quantitative estimate of drug-likeness (QED) is 0.574. The van der Waals surface area contributed by atoms with Crippen LogP contribution in [0, 0.1) is 0 Å². The van der Waals surface area contributed by atoms with Gasteiger partial charge in [0.05, 0.1) is 12.7 Å². The van der Waals surface area contributed by atoms with Crippen molar-refractivity contribution >= 4 is 11.9 Å². The molecule has 8 nitrogen and oxygen atoms in total. The van der Waals surface area contributed by atoms with Crippen LogP contribution in [-0.4, -0.2) is 50.1 Å². The van der Waals surface area contributed by atoms with Gasteiger partial charge in [0.1, 0.15) is 12.6 Å². The summed E-state index contributed by atoms with van der Waals surface area (Å²) in [5.74, 6) is -1.02. The molecule has 32 heavy (non-hydrogen) atoms. The van der Waals surface area contributed by atoms with E-state index in [1.165, 1.54) is 24.1 Å². The van der Waals surface area contributed by atoms with Crippen molar-refractivity contribution in [2.24, 2.45) is 0 Å². The zero-order chi connectivity index (χ0) is 22.9. The smallest absolute Gasteiger partial charge is 0.416 e. The van der Waals surface area contributed by atoms with E-state index in [9.17, 15) is 22.8 Å². The van der Waals surface area contributed by atoms with Crippen molar-refractivity contribution in [3.63, 3.8) is 0 Å². The SMILES string of the molecule is COC(=O)[C@H]1Cc2ccccc2CN1C(=O)Cn1nnc(-c2cccc(C(F)(F)F)c2)n1. The van der Waals surface area contributed by atoms with Crippen molar-refractivity contribution in [2.45, 2.75) is 31.7 Å². The lowest BCUT2D eigenvalue weighted by Crippen LogP contribution is -2.50. The summed E-state index contributed by atoms with van der Waals surface area (Å²) in [4.78, 5) is 27.7. The number of carbonyl (C=O) groups is 2. The number of benzene rings is 2. The summed E-state index contributed by atoms with van der Waals surface area (Å²) in [5, 5.41) is 11.6. The minimum absolute atomic E-state index is 0.0441. The van der Waals surface area contributed by atoms with Crippen molar-refractivity contribution in [3.05, 3.63) is 65.2 Å². The number of rotatable bonds is 4. The molecule has 0 bridgehead atoms. The largest absolute Gasteiger partial charge is 0.467 e. The second-order valence-corrected chi connectivity index (χ2v) is 7.26. The Morgan fingerprint density at radius 2 is 1.88 bits per heavy atom. The number of amides is 1. The topological polar surface area (TPSA) is 90.2 Å². The Morgan fingerprint density at radius 3 is 2.59 bits per heavy atom. The Kier molecular flexibility index (Phi) is 5.64. The van der Waals surface area contributed by atoms with E-state index < -0.39 is 29.7 Å². The molecule has 1 aliphatic heterocycles. The van der Waals surface area contributed by atoms with Crippen LogP contribution in [-0.2, 0) is 40.0 Å². The van der Waals surface area contributed by atoms with Gasteiger partial charge in [-0.1, -0.05) is 36.4 Å². The molecule has 0 saturated heterocycles. The summed E-state index contributed by atoms with van der Waals surface area (Å²) >= 11 is 0. The van der Waals surface area contributed by atoms with E-state index in [2.05, 4.69) is 15.4 Å². The highest BCUT2D eigenvalue weighted by molar-refractivity contribution is 5.85. The van der Waals surface area contributed by atoms with Crippen LogP contribution in [0.5, 0.6) is 0 Å². The van der Waals surface area contributed by atoms with Gasteiger partial charge in [0, 0.05) is 18.5 Å². The zero-order valence-electron chi connectivity index (χ0n) is 16.9. The van der Waals surface area contributed by atoms with Crippen molar-refractivity contribution in [2.75, 3.05) is 7.11 Å². The first-order valence-electron chi connectivity index (χ1n) is 9.66. The van der Waals surface area contributed by atoms with Gasteiger partial charge in [0.2, 0.25) is 11.7 Å². The number of aromatic nitrogens is 4. The molecule has 1 amide bonds. The van der Waals surface area contributed by atoms with Crippen LogP contribution in [0.1, 0.15) is 16.7 Å². The third-order valence-corrected chi connectivity index (χ3v) is 5.22. The van der Waals surface area contributed by atoms with Gasteiger partial charge in [-0.25, -0.2) is 4.79 Å². The highest BCUT2D eigenvalue weighted by Gasteiger charge is 2.35. The Labute approximate surface area is 180 Å². The van der Waals surface area contributed by atoms with Crippen LogP contribution in [0.3, 0.4) is 0 Å². The molecule has 0 spiro atoms. The normalized spacial score (nSPS) is 15.9. The summed E-state index contributed by atoms with van der Waals surface area (Å²) in [6.07, 6.45) is -4.19. The maximum Gasteiger partial charge on any atom is 0.416 e. The lowest BCUT2D eigenvalue weighted by Gasteiger charge is -2.35. The molecule has 2 aromatic carbocycles. The number of fused-ring (bicyclic) bond motifs is 1. The Bertz CT molecular complexity index is 1160. The van der Waals surface area contributed by atoms with Crippen LogP contribution in [0.2, 0.25) is 0 Å². The van der Waals surface area contributed by atoms with E-state index in [4.69, 9.17) is 4.74 Å². The lowest BCUT2D eigenvalue weighted by atomic mass is 9.94. The number of nitrogens with zero attached hydrogens (tertiary/aromatic N) is 5. The van der Waals surface area contributed by atoms with Crippen LogP contribution in [0.25, 0.3) is 11.4 Å². The summed E-state index contributed by atoms with van der Waals surface area (Å²) in [5.41, 5.74) is 1.16. The molecule has 0 unspecified atom stereocenters. The number of hydrogen-bond acceptors (Lipinski definition) is 6. The summed E-state index contributed by atoms with van der Waals surface area (Å²) in [6.45, 7) is -0.119. The maximum absolute atomic E-state index is 13.0. The van der Waals surface area contributed by atoms with Gasteiger partial charge in [0.15, 0.2) is 0 Å². The summed E-state index contributed by atoms with van der Waals surface area (Å²) < 4.78 is 43.7. The van der Waals surface area contributed by atoms with Crippen molar-refractivity contribution in [1.82, 2.24) is 25.1 Å². The number of alkyl halides is 3. The van der Waals surface area contributed by atoms with Crippen LogP contribution in [0.15, 0.2) is 48.5 Å². The van der Waals surface area contributed by atoms with Crippen molar-refractivity contribution in [3.8, 4) is 11.4 Å². The molecule has 3 aromatic rings. The molecule has 4 rings (SSSR count). The van der Waals surface area contributed by atoms with E-state index in [-0.39, 0.29) is 24.5 Å². The molecule has 0 N–H and O–H groups in total. The molecule has 1 aromatic heterocycles. The van der Waals surface area contributed by atoms with Crippen LogP contribution in [0.4, 0.5) is 13.2 Å². The predicted molar refractivity (Wildman–Crippen MR) is 105 cm³/mol. The van der Waals surface area contributed by atoms with Crippen molar-refractivity contribution < 1.29 is 27.5 Å². The third kappa shape index (κ3) is 4.32. The fourth-order valence-electron chi connectivity index (χ4n) is 3.60. The molecule has 0 radical (unpaired) electrons. The lowest BCUT2D eigenvalue weighted by molar-refractivity contribution is -0.154. The zero-order valence-corrected chi connectivity index (χ0v) is 16.9. The van der Waals surface area contributed by atoms with E-state index in [0.29, 0.717) is 6.42 Å². The van der Waals surface area contributed by atoms with Crippen LogP contribution < -0.4 is 0 Å². The minimum Gasteiger partial charge on any atom is -0.467 e. The number of hydrogen-bond donors (Lipinski definition) is 0. The maximum atomic E-state index is 13.0. The van der Waals surface area contributed by atoms with Crippen LogP contribution >= 0.6 is 0 Å². The standard InChI is InChI=1S/C21H18F3N5O3/c1-32-20(31)17-10-13-5-2-3-6-15(13)11-28(17)18(30)12-29-26-19(25-27-29)14-7-4-8-16(9-14)21(22,23)24/h2-9,17H,10-12H2,1H3/t17-/m1/s1. The average Bonchev–Trinajstić information content (AvgIpc) is 3.25. The van der Waals surface area contributed by atoms with Gasteiger partial charge in [-0.3, -0.25) is 4.79 Å². The average molecular weight is 445 g/mol. The fourth-order valence-corrected chi connectivity index (χ4v) is 3.60. The monoisotopic (exact) mass is 445 g/mol. The van der Waals surface area contributed by atoms with E-state index in [1.54, 1.807) is 0 Å². The highest BCUT2D eigenvalue weighted by Crippen LogP contribution is 2.31. The molecule has 0 saturated carbocycles. The molecule has 0 aliphatic carbocycles. The first-order chi connectivity index (χ1) is 15.3. The summed E-state index contributed by atoms with van der Waals surface area (Å²) in [7, 11) is 1.26. The second-order valence-electron chi connectivity index (χ2n) is 7.26. The number of methoxy groups -OCH3 is 1. The van der Waals surface area contributed by atoms with Gasteiger partial charge < -0.3 is 9.64 Å². The number of esters is 1. The number of ether oxygens (including phenoxy) is 1. The van der Waals surface area contributed by atoms with Crippen molar-refractivity contribution in [1.29, 1.82) is 0 Å². The Hall–Kier alpha value is -3.76. The highest BCUT2D eigenvalue weighted by atomic mass is 19.4. The van der Waals surface area contributed by atoms with Gasteiger partial charge in [0.25, 0.3) is 0 Å². The van der Waals surface area contributed by atoms with Gasteiger partial charge in [-0.2, -0.15) is 18.0 Å². The molecule has 0 fully saturated rings. The molecular formula is C21H18F3N5O3. The molecule has 166 valence electrons. The molecule has 1 aliphatic rings. The second kappa shape index (κ2) is 8.40. The summed E-state index contributed by atoms with van der Waals surface area (Å²) in [6, 6.07) is 11.2. The number of tetrazole rings is 1. The van der Waals surface area contributed by atoms with Gasteiger partial charge in [-0.15, -0.1) is 10.2 Å². The first-order valence-corrected chi connectivity index (χ1v) is 9.66. The van der Waals surface area contributed by atoms with Gasteiger partial charge in [-0.05, 0) is 28.5 Å². The molecule has 1 atom stereocenters. The first kappa shape index (κ1) is 21.5. The Morgan fingerprint density at radius 1 is 1.12 bits per heavy atom. The number of carbonyl (C=O) groups excluding carboxylic acids is 2. The Balaban J connectivity index is 1.54. The van der Waals surface area contributed by atoms with E-state index in [0.717, 1.165) is 28.1 Å².